The zero-order valence-electron chi connectivity index (χ0n) is 16.6. The number of amides is 1. The van der Waals surface area contributed by atoms with E-state index in [4.69, 9.17) is 16.3 Å². The molecule has 3 heterocycles. The Hall–Kier alpha value is -2.64. The molecular weight excluding hydrogens is 390 g/mol. The summed E-state index contributed by atoms with van der Waals surface area (Å²) < 4.78 is 7.51. The molecule has 2 aromatic heterocycles. The molecule has 0 saturated carbocycles. The van der Waals surface area contributed by atoms with Crippen LogP contribution in [0.5, 0.6) is 5.75 Å². The minimum atomic E-state index is 0.0158. The van der Waals surface area contributed by atoms with Crippen LogP contribution in [0.25, 0.3) is 5.65 Å². The Bertz CT molecular complexity index is 1010. The summed E-state index contributed by atoms with van der Waals surface area (Å²) in [5.74, 6) is 0.831. The fourth-order valence-electron chi connectivity index (χ4n) is 3.54. The molecule has 8 heteroatoms. The number of ether oxygens (including phenoxy) is 1. The topological polar surface area (TPSA) is 63.0 Å². The standard InChI is InChI=1S/C21H24ClN5O2/c1-15-13-20-23-14-19(16(2)27(20)24-15)21(28)26-9-7-25(8-10-26)11-12-29-18-5-3-17(22)4-6-18/h3-6,13-14H,7-12H2,1-2H3. The number of aryl methyl sites for hydroxylation is 2. The van der Waals surface area contributed by atoms with Crippen molar-refractivity contribution in [2.75, 3.05) is 39.3 Å². The van der Waals surface area contributed by atoms with Crippen LogP contribution in [0.2, 0.25) is 5.02 Å². The fourth-order valence-corrected chi connectivity index (χ4v) is 3.67. The molecule has 152 valence electrons. The van der Waals surface area contributed by atoms with Crippen LogP contribution in [0.4, 0.5) is 0 Å². The molecule has 0 N–H and O–H groups in total. The van der Waals surface area contributed by atoms with Gasteiger partial charge in [0.25, 0.3) is 5.91 Å². The quantitative estimate of drug-likeness (QED) is 0.643. The smallest absolute Gasteiger partial charge is 0.257 e. The molecular formula is C21H24ClN5O2. The van der Waals surface area contributed by atoms with Crippen LogP contribution in [0.3, 0.4) is 0 Å². The van der Waals surface area contributed by atoms with Gasteiger partial charge in [-0.15, -0.1) is 0 Å². The van der Waals surface area contributed by atoms with Gasteiger partial charge in [0.2, 0.25) is 0 Å². The zero-order chi connectivity index (χ0) is 20.4. The van der Waals surface area contributed by atoms with Crippen molar-refractivity contribution in [1.82, 2.24) is 24.4 Å². The predicted octanol–water partition coefficient (Wildman–Crippen LogP) is 2.84. The third kappa shape index (κ3) is 4.36. The highest BCUT2D eigenvalue weighted by atomic mass is 35.5. The van der Waals surface area contributed by atoms with E-state index in [0.717, 1.165) is 42.4 Å². The second kappa shape index (κ2) is 8.39. The molecule has 1 amide bonds. The van der Waals surface area contributed by atoms with E-state index in [1.807, 2.05) is 49.1 Å². The summed E-state index contributed by atoms with van der Waals surface area (Å²) in [5, 5.41) is 5.13. The van der Waals surface area contributed by atoms with Crippen LogP contribution >= 0.6 is 11.6 Å². The predicted molar refractivity (Wildman–Crippen MR) is 112 cm³/mol. The van der Waals surface area contributed by atoms with E-state index in [-0.39, 0.29) is 5.91 Å². The van der Waals surface area contributed by atoms with E-state index in [2.05, 4.69) is 15.0 Å². The second-order valence-electron chi connectivity index (χ2n) is 7.25. The molecule has 1 aliphatic heterocycles. The first-order valence-corrected chi connectivity index (χ1v) is 10.1. The van der Waals surface area contributed by atoms with Crippen molar-refractivity contribution < 1.29 is 9.53 Å². The molecule has 1 fully saturated rings. The molecule has 3 aromatic rings. The van der Waals surface area contributed by atoms with E-state index in [1.165, 1.54) is 0 Å². The monoisotopic (exact) mass is 413 g/mol. The first-order chi connectivity index (χ1) is 14.0. The maximum Gasteiger partial charge on any atom is 0.257 e. The maximum atomic E-state index is 13.0. The van der Waals surface area contributed by atoms with Crippen LogP contribution in [0, 0.1) is 13.8 Å². The van der Waals surface area contributed by atoms with Gasteiger partial charge in [0.1, 0.15) is 12.4 Å². The number of benzene rings is 1. The Morgan fingerprint density at radius 1 is 1.14 bits per heavy atom. The maximum absolute atomic E-state index is 13.0. The highest BCUT2D eigenvalue weighted by Gasteiger charge is 2.24. The van der Waals surface area contributed by atoms with Crippen LogP contribution in [0.15, 0.2) is 36.5 Å². The fraction of sp³-hybridized carbons (Fsp3) is 0.381. The van der Waals surface area contributed by atoms with Crippen molar-refractivity contribution in [2.24, 2.45) is 0 Å². The van der Waals surface area contributed by atoms with Crippen molar-refractivity contribution in [3.63, 3.8) is 0 Å². The van der Waals surface area contributed by atoms with Gasteiger partial charge >= 0.3 is 0 Å². The van der Waals surface area contributed by atoms with Crippen molar-refractivity contribution in [3.8, 4) is 5.75 Å². The molecule has 0 bridgehead atoms. The normalized spacial score (nSPS) is 15.1. The minimum Gasteiger partial charge on any atom is -0.492 e. The average Bonchev–Trinajstić information content (AvgIpc) is 3.11. The molecule has 4 rings (SSSR count). The number of carbonyl (C=O) groups excluding carboxylic acids is 1. The third-order valence-electron chi connectivity index (χ3n) is 5.23. The number of aromatic nitrogens is 3. The van der Waals surface area contributed by atoms with Crippen LogP contribution in [-0.2, 0) is 0 Å². The van der Waals surface area contributed by atoms with E-state index in [9.17, 15) is 4.79 Å². The highest BCUT2D eigenvalue weighted by Crippen LogP contribution is 2.16. The molecule has 0 radical (unpaired) electrons. The average molecular weight is 414 g/mol. The van der Waals surface area contributed by atoms with Gasteiger partial charge in [-0.2, -0.15) is 5.10 Å². The van der Waals surface area contributed by atoms with E-state index in [1.54, 1.807) is 10.7 Å². The molecule has 0 unspecified atom stereocenters. The summed E-state index contributed by atoms with van der Waals surface area (Å²) in [4.78, 5) is 21.6. The molecule has 0 spiro atoms. The Balaban J connectivity index is 1.30. The summed E-state index contributed by atoms with van der Waals surface area (Å²) >= 11 is 5.89. The van der Waals surface area contributed by atoms with E-state index in [0.29, 0.717) is 30.3 Å². The molecule has 7 nitrogen and oxygen atoms in total. The lowest BCUT2D eigenvalue weighted by atomic mass is 10.2. The van der Waals surface area contributed by atoms with Gasteiger partial charge in [-0.1, -0.05) is 11.6 Å². The van der Waals surface area contributed by atoms with Gasteiger partial charge < -0.3 is 9.64 Å². The summed E-state index contributed by atoms with van der Waals surface area (Å²) in [5.41, 5.74) is 3.09. The van der Waals surface area contributed by atoms with Crippen molar-refractivity contribution in [2.45, 2.75) is 13.8 Å². The van der Waals surface area contributed by atoms with E-state index >= 15 is 0 Å². The van der Waals surface area contributed by atoms with Gasteiger partial charge in [0.15, 0.2) is 5.65 Å². The number of rotatable bonds is 5. The molecule has 1 aliphatic rings. The van der Waals surface area contributed by atoms with Gasteiger partial charge in [-0.05, 0) is 38.1 Å². The van der Waals surface area contributed by atoms with Gasteiger partial charge in [-0.25, -0.2) is 9.50 Å². The van der Waals surface area contributed by atoms with Gasteiger partial charge in [0.05, 0.1) is 17.0 Å². The highest BCUT2D eigenvalue weighted by molar-refractivity contribution is 6.30. The molecule has 29 heavy (non-hydrogen) atoms. The lowest BCUT2D eigenvalue weighted by Gasteiger charge is -2.34. The number of halogens is 1. The Morgan fingerprint density at radius 3 is 2.59 bits per heavy atom. The molecule has 0 atom stereocenters. The van der Waals surface area contributed by atoms with Crippen LogP contribution in [-0.4, -0.2) is 69.6 Å². The Labute approximate surface area is 174 Å². The largest absolute Gasteiger partial charge is 0.492 e. The third-order valence-corrected chi connectivity index (χ3v) is 5.48. The van der Waals surface area contributed by atoms with E-state index < -0.39 is 0 Å². The number of hydrogen-bond donors (Lipinski definition) is 0. The second-order valence-corrected chi connectivity index (χ2v) is 7.69. The molecule has 1 aromatic carbocycles. The first-order valence-electron chi connectivity index (χ1n) is 9.73. The number of hydrogen-bond acceptors (Lipinski definition) is 5. The van der Waals surface area contributed by atoms with Crippen molar-refractivity contribution >= 4 is 23.2 Å². The first kappa shape index (κ1) is 19.7. The Kier molecular flexibility index (Phi) is 5.69. The molecule has 0 aliphatic carbocycles. The zero-order valence-corrected chi connectivity index (χ0v) is 17.4. The van der Waals surface area contributed by atoms with Gasteiger partial charge in [0, 0.05) is 50.0 Å². The van der Waals surface area contributed by atoms with Crippen molar-refractivity contribution in [3.05, 3.63) is 58.5 Å². The molecule has 1 saturated heterocycles. The van der Waals surface area contributed by atoms with Crippen molar-refractivity contribution in [1.29, 1.82) is 0 Å². The van der Waals surface area contributed by atoms with Crippen LogP contribution in [0.1, 0.15) is 21.7 Å². The minimum absolute atomic E-state index is 0.0158. The number of carbonyl (C=O) groups is 1. The SMILES string of the molecule is Cc1cc2ncc(C(=O)N3CCN(CCOc4ccc(Cl)cc4)CC3)c(C)n2n1. The lowest BCUT2D eigenvalue weighted by Crippen LogP contribution is -2.49. The summed E-state index contributed by atoms with van der Waals surface area (Å²) in [6, 6.07) is 9.28. The lowest BCUT2D eigenvalue weighted by molar-refractivity contribution is 0.0618. The van der Waals surface area contributed by atoms with Crippen LogP contribution < -0.4 is 4.74 Å². The number of nitrogens with zero attached hydrogens (tertiary/aromatic N) is 5. The summed E-state index contributed by atoms with van der Waals surface area (Å²) in [6.45, 7) is 8.29. The summed E-state index contributed by atoms with van der Waals surface area (Å²) in [7, 11) is 0. The number of piperazine rings is 1. The summed E-state index contributed by atoms with van der Waals surface area (Å²) in [6.07, 6.45) is 1.67. The Morgan fingerprint density at radius 2 is 1.86 bits per heavy atom. The number of fused-ring (bicyclic) bond motifs is 1. The van der Waals surface area contributed by atoms with Gasteiger partial charge in [-0.3, -0.25) is 9.69 Å².